The second-order valence-electron chi connectivity index (χ2n) is 3.46. The van der Waals surface area contributed by atoms with Crippen molar-refractivity contribution in [2.75, 3.05) is 0 Å². The van der Waals surface area contributed by atoms with Crippen molar-refractivity contribution in [3.63, 3.8) is 0 Å². The topological polar surface area (TPSA) is 20.2 Å². The lowest BCUT2D eigenvalue weighted by atomic mass is 10.0. The molecule has 0 saturated heterocycles. The Kier molecular flexibility index (Phi) is 3.49. The molecule has 16 heavy (non-hydrogen) atoms. The fourth-order valence-electron chi connectivity index (χ4n) is 1.55. The van der Waals surface area contributed by atoms with Crippen molar-refractivity contribution in [2.24, 2.45) is 0 Å². The van der Waals surface area contributed by atoms with Gasteiger partial charge in [-0.05, 0) is 11.6 Å². The van der Waals surface area contributed by atoms with E-state index in [1.54, 1.807) is 18.2 Å². The monoisotopic (exact) mass is 252 g/mol. The zero-order valence-corrected chi connectivity index (χ0v) is 9.91. The zero-order valence-electron chi connectivity index (χ0n) is 8.40. The molecule has 1 N–H and O–H groups in total. The van der Waals surface area contributed by atoms with Crippen LogP contribution in [0.4, 0.5) is 0 Å². The van der Waals surface area contributed by atoms with Crippen molar-refractivity contribution in [1.82, 2.24) is 0 Å². The van der Waals surface area contributed by atoms with Gasteiger partial charge in [-0.3, -0.25) is 0 Å². The molecule has 0 amide bonds. The first-order valence-corrected chi connectivity index (χ1v) is 5.62. The summed E-state index contributed by atoms with van der Waals surface area (Å²) >= 11 is 11.9. The highest BCUT2D eigenvalue weighted by Gasteiger charge is 2.14. The van der Waals surface area contributed by atoms with Crippen molar-refractivity contribution in [3.05, 3.63) is 69.7 Å². The quantitative estimate of drug-likeness (QED) is 0.855. The molecule has 2 aromatic rings. The number of benzene rings is 2. The lowest BCUT2D eigenvalue weighted by molar-refractivity contribution is 0.220. The lowest BCUT2D eigenvalue weighted by Gasteiger charge is -2.13. The van der Waals surface area contributed by atoms with E-state index < -0.39 is 6.10 Å². The molecular weight excluding hydrogens is 243 g/mol. The van der Waals surface area contributed by atoms with Gasteiger partial charge in [0.25, 0.3) is 0 Å². The van der Waals surface area contributed by atoms with Crippen LogP contribution < -0.4 is 0 Å². The van der Waals surface area contributed by atoms with Gasteiger partial charge in [-0.15, -0.1) is 0 Å². The largest absolute Gasteiger partial charge is 0.384 e. The molecule has 0 saturated carbocycles. The Bertz CT molecular complexity index is 483. The number of aliphatic hydroxyl groups excluding tert-OH is 1. The minimum Gasteiger partial charge on any atom is -0.384 e. The molecule has 2 aromatic carbocycles. The van der Waals surface area contributed by atoms with E-state index in [1.165, 1.54) is 0 Å². The van der Waals surface area contributed by atoms with Crippen LogP contribution in [-0.4, -0.2) is 5.11 Å². The van der Waals surface area contributed by atoms with E-state index in [1.807, 2.05) is 30.3 Å². The van der Waals surface area contributed by atoms with Crippen LogP contribution in [0.3, 0.4) is 0 Å². The summed E-state index contributed by atoms with van der Waals surface area (Å²) < 4.78 is 0. The van der Waals surface area contributed by atoms with Crippen LogP contribution in [0.25, 0.3) is 0 Å². The van der Waals surface area contributed by atoms with Crippen molar-refractivity contribution in [1.29, 1.82) is 0 Å². The van der Waals surface area contributed by atoms with Crippen LogP contribution in [0.2, 0.25) is 10.0 Å². The number of hydrogen-bond acceptors (Lipinski definition) is 1. The molecule has 1 atom stereocenters. The van der Waals surface area contributed by atoms with Crippen LogP contribution in [0.5, 0.6) is 0 Å². The summed E-state index contributed by atoms with van der Waals surface area (Å²) in [6, 6.07) is 14.6. The Hall–Kier alpha value is -1.02. The van der Waals surface area contributed by atoms with Crippen LogP contribution >= 0.6 is 23.2 Å². The Labute approximate surface area is 104 Å². The zero-order chi connectivity index (χ0) is 11.5. The molecule has 0 spiro atoms. The smallest absolute Gasteiger partial charge is 0.106 e. The Balaban J connectivity index is 2.42. The van der Waals surface area contributed by atoms with Gasteiger partial charge < -0.3 is 5.11 Å². The van der Waals surface area contributed by atoms with Gasteiger partial charge in [-0.1, -0.05) is 65.7 Å². The predicted molar refractivity (Wildman–Crippen MR) is 67.0 cm³/mol. The van der Waals surface area contributed by atoms with Gasteiger partial charge in [0.1, 0.15) is 6.10 Å². The third-order valence-electron chi connectivity index (χ3n) is 2.39. The minimum atomic E-state index is -0.743. The first-order valence-electron chi connectivity index (χ1n) is 4.87. The maximum Gasteiger partial charge on any atom is 0.106 e. The lowest BCUT2D eigenvalue weighted by Crippen LogP contribution is -2.00. The second kappa shape index (κ2) is 4.88. The molecule has 1 nitrogen and oxygen atoms in total. The summed E-state index contributed by atoms with van der Waals surface area (Å²) in [5.74, 6) is 0. The fourth-order valence-corrected chi connectivity index (χ4v) is 1.96. The van der Waals surface area contributed by atoms with Crippen LogP contribution in [-0.2, 0) is 0 Å². The highest BCUT2D eigenvalue weighted by molar-refractivity contribution is 6.42. The van der Waals surface area contributed by atoms with Gasteiger partial charge in [-0.25, -0.2) is 0 Å². The maximum atomic E-state index is 10.2. The second-order valence-corrected chi connectivity index (χ2v) is 4.24. The Morgan fingerprint density at radius 3 is 2.25 bits per heavy atom. The van der Waals surface area contributed by atoms with Gasteiger partial charge in [0.05, 0.1) is 10.0 Å². The van der Waals surface area contributed by atoms with Crippen LogP contribution in [0.1, 0.15) is 17.2 Å². The van der Waals surface area contributed by atoms with Crippen LogP contribution in [0.15, 0.2) is 48.5 Å². The SMILES string of the molecule is OC(c1ccccc1)c1cccc(Cl)c1Cl. The maximum absolute atomic E-state index is 10.2. The molecule has 2 rings (SSSR count). The number of hydrogen-bond donors (Lipinski definition) is 1. The van der Waals surface area contributed by atoms with E-state index >= 15 is 0 Å². The minimum absolute atomic E-state index is 0.403. The first kappa shape index (κ1) is 11.5. The molecule has 0 aliphatic heterocycles. The molecule has 0 fully saturated rings. The average Bonchev–Trinajstić information content (AvgIpc) is 2.33. The first-order chi connectivity index (χ1) is 7.70. The fraction of sp³-hybridized carbons (Fsp3) is 0.0769. The summed E-state index contributed by atoms with van der Waals surface area (Å²) in [5.41, 5.74) is 1.42. The summed E-state index contributed by atoms with van der Waals surface area (Å²) in [6.45, 7) is 0. The van der Waals surface area contributed by atoms with Gasteiger partial charge in [-0.2, -0.15) is 0 Å². The van der Waals surface area contributed by atoms with Crippen molar-refractivity contribution in [2.45, 2.75) is 6.10 Å². The Morgan fingerprint density at radius 2 is 1.56 bits per heavy atom. The predicted octanol–water partition coefficient (Wildman–Crippen LogP) is 4.08. The van der Waals surface area contributed by atoms with E-state index in [4.69, 9.17) is 23.2 Å². The third-order valence-corrected chi connectivity index (χ3v) is 3.22. The van der Waals surface area contributed by atoms with E-state index in [9.17, 15) is 5.11 Å². The molecule has 0 radical (unpaired) electrons. The van der Waals surface area contributed by atoms with Crippen molar-refractivity contribution < 1.29 is 5.11 Å². The highest BCUT2D eigenvalue weighted by Crippen LogP contribution is 2.32. The number of aliphatic hydroxyl groups is 1. The molecule has 1 unspecified atom stereocenters. The molecule has 0 bridgehead atoms. The molecule has 3 heteroatoms. The molecule has 0 aromatic heterocycles. The van der Waals surface area contributed by atoms with E-state index in [-0.39, 0.29) is 0 Å². The number of halogens is 2. The normalized spacial score (nSPS) is 12.4. The van der Waals surface area contributed by atoms with Gasteiger partial charge in [0.2, 0.25) is 0 Å². The molecule has 0 aliphatic rings. The summed E-state index contributed by atoms with van der Waals surface area (Å²) in [7, 11) is 0. The van der Waals surface area contributed by atoms with Gasteiger partial charge >= 0.3 is 0 Å². The molecular formula is C13H10Cl2O. The summed E-state index contributed by atoms with van der Waals surface area (Å²) in [4.78, 5) is 0. The average molecular weight is 253 g/mol. The van der Waals surface area contributed by atoms with Gasteiger partial charge in [0.15, 0.2) is 0 Å². The number of rotatable bonds is 2. The standard InChI is InChI=1S/C13H10Cl2O/c14-11-8-4-7-10(12(11)15)13(16)9-5-2-1-3-6-9/h1-8,13,16H. The van der Waals surface area contributed by atoms with Crippen LogP contribution in [0, 0.1) is 0 Å². The highest BCUT2D eigenvalue weighted by atomic mass is 35.5. The Morgan fingerprint density at radius 1 is 0.875 bits per heavy atom. The third kappa shape index (κ3) is 2.22. The van der Waals surface area contributed by atoms with E-state index in [0.717, 1.165) is 5.56 Å². The van der Waals surface area contributed by atoms with E-state index in [0.29, 0.717) is 15.6 Å². The summed E-state index contributed by atoms with van der Waals surface area (Å²) in [5, 5.41) is 11.0. The molecule has 0 heterocycles. The van der Waals surface area contributed by atoms with Crippen molar-refractivity contribution >= 4 is 23.2 Å². The molecule has 82 valence electrons. The molecule has 0 aliphatic carbocycles. The van der Waals surface area contributed by atoms with E-state index in [2.05, 4.69) is 0 Å². The summed E-state index contributed by atoms with van der Waals surface area (Å²) in [6.07, 6.45) is -0.743. The van der Waals surface area contributed by atoms with Crippen molar-refractivity contribution in [3.8, 4) is 0 Å². The van der Waals surface area contributed by atoms with Gasteiger partial charge in [0, 0.05) is 5.56 Å².